The van der Waals surface area contributed by atoms with E-state index in [-0.39, 0.29) is 24.7 Å². The van der Waals surface area contributed by atoms with Crippen molar-refractivity contribution in [3.8, 4) is 0 Å². The van der Waals surface area contributed by atoms with E-state index in [1.165, 1.54) is 0 Å². The third kappa shape index (κ3) is 12.6. The molecule has 0 saturated heterocycles. The molecule has 0 unspecified atom stereocenters. The third-order valence-electron chi connectivity index (χ3n) is 1.92. The number of carbonyl (C=O) groups excluding carboxylic acids is 1. The summed E-state index contributed by atoms with van der Waals surface area (Å²) in [6, 6.07) is -0.256. The fourth-order valence-corrected chi connectivity index (χ4v) is 1.01. The van der Waals surface area contributed by atoms with E-state index in [0.717, 1.165) is 6.42 Å². The van der Waals surface area contributed by atoms with Crippen LogP contribution in [0.4, 0.5) is 4.79 Å². The van der Waals surface area contributed by atoms with E-state index >= 15 is 0 Å². The molecule has 0 aromatic rings. The highest BCUT2D eigenvalue weighted by Crippen LogP contribution is 2.16. The van der Waals surface area contributed by atoms with Crippen molar-refractivity contribution in [1.29, 1.82) is 0 Å². The van der Waals surface area contributed by atoms with Gasteiger partial charge in [0.25, 0.3) is 0 Å². The quantitative estimate of drug-likeness (QED) is 0.580. The van der Waals surface area contributed by atoms with E-state index in [1.54, 1.807) is 0 Å². The summed E-state index contributed by atoms with van der Waals surface area (Å²) in [5.41, 5.74) is 0.192. The van der Waals surface area contributed by atoms with Gasteiger partial charge in [0.2, 0.25) is 0 Å². The van der Waals surface area contributed by atoms with E-state index in [1.807, 2.05) is 0 Å². The molecule has 6 heteroatoms. The predicted octanol–water partition coefficient (Wildman–Crippen LogP) is 0.823. The molecule has 0 radical (unpaired) electrons. The van der Waals surface area contributed by atoms with Gasteiger partial charge in [0, 0.05) is 13.1 Å². The molecule has 0 aromatic heterocycles. The Morgan fingerprint density at radius 2 is 1.76 bits per heavy atom. The summed E-state index contributed by atoms with van der Waals surface area (Å²) in [6.45, 7) is 7.08. The van der Waals surface area contributed by atoms with Gasteiger partial charge in [0.15, 0.2) is 0 Å². The molecule has 0 heterocycles. The zero-order chi connectivity index (χ0) is 13.3. The molecule has 0 rings (SSSR count). The van der Waals surface area contributed by atoms with Crippen LogP contribution in [0.3, 0.4) is 0 Å². The van der Waals surface area contributed by atoms with E-state index in [2.05, 4.69) is 31.4 Å². The standard InChI is InChI=1S/C11H22N2O4/c1-11(2,3)4-5-12-10(16)13-6-7-17-8-9(14)15/h4-8H2,1-3H3,(H,14,15)(H2,12,13,16). The maximum absolute atomic E-state index is 11.2. The molecule has 3 N–H and O–H groups in total. The van der Waals surface area contributed by atoms with Crippen molar-refractivity contribution in [3.05, 3.63) is 0 Å². The van der Waals surface area contributed by atoms with Gasteiger partial charge in [-0.3, -0.25) is 0 Å². The molecule has 0 aliphatic heterocycles. The van der Waals surface area contributed by atoms with Crippen LogP contribution in [0, 0.1) is 5.41 Å². The lowest BCUT2D eigenvalue weighted by Crippen LogP contribution is -2.38. The minimum atomic E-state index is -1.01. The Bertz CT molecular complexity index is 248. The summed E-state index contributed by atoms with van der Waals surface area (Å²) in [5.74, 6) is -1.01. The highest BCUT2D eigenvalue weighted by Gasteiger charge is 2.10. The Balaban J connectivity index is 3.38. The molecule has 0 atom stereocenters. The van der Waals surface area contributed by atoms with Gasteiger partial charge >= 0.3 is 12.0 Å². The third-order valence-corrected chi connectivity index (χ3v) is 1.92. The SMILES string of the molecule is CC(C)(C)CCNC(=O)NCCOCC(=O)O. The number of urea groups is 1. The lowest BCUT2D eigenvalue weighted by Gasteiger charge is -2.18. The van der Waals surface area contributed by atoms with Crippen molar-refractivity contribution in [2.24, 2.45) is 5.41 Å². The lowest BCUT2D eigenvalue weighted by atomic mass is 9.92. The van der Waals surface area contributed by atoms with Gasteiger partial charge in [-0.1, -0.05) is 20.8 Å². The molecular weight excluding hydrogens is 224 g/mol. The van der Waals surface area contributed by atoms with Gasteiger partial charge in [0.1, 0.15) is 6.61 Å². The molecule has 0 aromatic carbocycles. The van der Waals surface area contributed by atoms with Gasteiger partial charge in [0.05, 0.1) is 6.61 Å². The van der Waals surface area contributed by atoms with E-state index in [4.69, 9.17) is 9.84 Å². The predicted molar refractivity (Wildman–Crippen MR) is 63.9 cm³/mol. The van der Waals surface area contributed by atoms with Crippen LogP contribution < -0.4 is 10.6 Å². The van der Waals surface area contributed by atoms with Crippen molar-refractivity contribution < 1.29 is 19.4 Å². The number of aliphatic carboxylic acids is 1. The Morgan fingerprint density at radius 1 is 1.18 bits per heavy atom. The first kappa shape index (κ1) is 15.7. The van der Waals surface area contributed by atoms with Crippen LogP contribution in [-0.2, 0) is 9.53 Å². The minimum absolute atomic E-state index is 0.192. The summed E-state index contributed by atoms with van der Waals surface area (Å²) in [7, 11) is 0. The second kappa shape index (κ2) is 7.89. The van der Waals surface area contributed by atoms with Gasteiger partial charge < -0.3 is 20.5 Å². The molecule has 0 aliphatic rings. The van der Waals surface area contributed by atoms with Gasteiger partial charge in [-0.15, -0.1) is 0 Å². The Morgan fingerprint density at radius 3 is 2.29 bits per heavy atom. The van der Waals surface area contributed by atoms with Gasteiger partial charge in [-0.2, -0.15) is 0 Å². The van der Waals surface area contributed by atoms with Crippen LogP contribution >= 0.6 is 0 Å². The fourth-order valence-electron chi connectivity index (χ4n) is 1.01. The highest BCUT2D eigenvalue weighted by atomic mass is 16.5. The van der Waals surface area contributed by atoms with Gasteiger partial charge in [-0.05, 0) is 11.8 Å². The maximum atomic E-state index is 11.2. The van der Waals surface area contributed by atoms with Crippen molar-refractivity contribution in [3.63, 3.8) is 0 Å². The Kier molecular flexibility index (Phi) is 7.29. The topological polar surface area (TPSA) is 87.7 Å². The average Bonchev–Trinajstić information content (AvgIpc) is 2.14. The number of carboxylic acid groups (broad SMARTS) is 1. The molecule has 0 saturated carbocycles. The van der Waals surface area contributed by atoms with Crippen molar-refractivity contribution >= 4 is 12.0 Å². The number of carbonyl (C=O) groups is 2. The number of rotatable bonds is 7. The Labute approximate surface area is 102 Å². The molecule has 0 fully saturated rings. The largest absolute Gasteiger partial charge is 0.480 e. The molecule has 17 heavy (non-hydrogen) atoms. The number of nitrogens with one attached hydrogen (secondary N) is 2. The number of amides is 2. The van der Waals surface area contributed by atoms with Crippen LogP contribution in [0.1, 0.15) is 27.2 Å². The molecule has 0 aliphatic carbocycles. The van der Waals surface area contributed by atoms with Crippen LogP contribution in [0.25, 0.3) is 0 Å². The summed E-state index contributed by atoms with van der Waals surface area (Å²) < 4.78 is 4.76. The van der Waals surface area contributed by atoms with Crippen LogP contribution in [0.15, 0.2) is 0 Å². The second-order valence-electron chi connectivity index (χ2n) is 4.94. The first-order valence-electron chi connectivity index (χ1n) is 5.62. The maximum Gasteiger partial charge on any atom is 0.329 e. The Hall–Kier alpha value is -1.30. The minimum Gasteiger partial charge on any atom is -0.480 e. The van der Waals surface area contributed by atoms with E-state index in [9.17, 15) is 9.59 Å². The summed E-state index contributed by atoms with van der Waals surface area (Å²) >= 11 is 0. The first-order chi connectivity index (χ1) is 7.81. The summed E-state index contributed by atoms with van der Waals surface area (Å²) in [4.78, 5) is 21.3. The first-order valence-corrected chi connectivity index (χ1v) is 5.62. The average molecular weight is 246 g/mol. The molecule has 0 spiro atoms. The molecular formula is C11H22N2O4. The monoisotopic (exact) mass is 246 g/mol. The number of ether oxygens (including phenoxy) is 1. The van der Waals surface area contributed by atoms with Crippen molar-refractivity contribution in [2.75, 3.05) is 26.3 Å². The smallest absolute Gasteiger partial charge is 0.329 e. The van der Waals surface area contributed by atoms with E-state index < -0.39 is 5.97 Å². The molecule has 2 amide bonds. The summed E-state index contributed by atoms with van der Waals surface area (Å²) in [5, 5.41) is 13.6. The fraction of sp³-hybridized carbons (Fsp3) is 0.818. The normalized spacial score (nSPS) is 11.0. The second-order valence-corrected chi connectivity index (χ2v) is 4.94. The highest BCUT2D eigenvalue weighted by molar-refractivity contribution is 5.73. The van der Waals surface area contributed by atoms with Crippen LogP contribution in [0.2, 0.25) is 0 Å². The number of carboxylic acids is 1. The summed E-state index contributed by atoms with van der Waals surface area (Å²) in [6.07, 6.45) is 0.899. The van der Waals surface area contributed by atoms with Gasteiger partial charge in [-0.25, -0.2) is 9.59 Å². The number of hydrogen-bond donors (Lipinski definition) is 3. The van der Waals surface area contributed by atoms with Crippen molar-refractivity contribution in [1.82, 2.24) is 10.6 Å². The number of hydrogen-bond acceptors (Lipinski definition) is 3. The van der Waals surface area contributed by atoms with Crippen LogP contribution in [0.5, 0.6) is 0 Å². The zero-order valence-electron chi connectivity index (χ0n) is 10.7. The molecule has 6 nitrogen and oxygen atoms in total. The van der Waals surface area contributed by atoms with Crippen molar-refractivity contribution in [2.45, 2.75) is 27.2 Å². The molecule has 0 bridgehead atoms. The van der Waals surface area contributed by atoms with Crippen LogP contribution in [-0.4, -0.2) is 43.4 Å². The zero-order valence-corrected chi connectivity index (χ0v) is 10.7. The lowest BCUT2D eigenvalue weighted by molar-refractivity contribution is -0.142. The molecule has 100 valence electrons. The van der Waals surface area contributed by atoms with E-state index in [0.29, 0.717) is 13.1 Å².